The minimum atomic E-state index is 1.02. The van der Waals surface area contributed by atoms with Crippen molar-refractivity contribution in [2.24, 2.45) is 11.8 Å². The van der Waals surface area contributed by atoms with Crippen molar-refractivity contribution in [1.29, 1.82) is 0 Å². The van der Waals surface area contributed by atoms with E-state index in [-0.39, 0.29) is 0 Å². The quantitative estimate of drug-likeness (QED) is 0.569. The molecule has 19 heavy (non-hydrogen) atoms. The van der Waals surface area contributed by atoms with Crippen LogP contribution < -0.4 is 0 Å². The summed E-state index contributed by atoms with van der Waals surface area (Å²) in [5.74, 6) is 2.07. The third-order valence-corrected chi connectivity index (χ3v) is 5.63. The van der Waals surface area contributed by atoms with E-state index in [1.54, 1.807) is 22.3 Å². The van der Waals surface area contributed by atoms with Gasteiger partial charge >= 0.3 is 0 Å². The number of hydrogen-bond donors (Lipinski definition) is 0. The second kappa shape index (κ2) is 5.69. The summed E-state index contributed by atoms with van der Waals surface area (Å²) in [6.45, 7) is 4.72. The van der Waals surface area contributed by atoms with Gasteiger partial charge in [0.1, 0.15) is 0 Å². The van der Waals surface area contributed by atoms with Crippen LogP contribution in [0.1, 0.15) is 71.6 Å². The van der Waals surface area contributed by atoms with Gasteiger partial charge in [-0.25, -0.2) is 0 Å². The standard InChI is InChI=1S/C19H28/c1-3-5-15-6-4-7-16(15)9-8-14(2)18-12-10-17-11-13-19(17)18/h10,12,15-16H,3-9,11,13H2,1-2H3/b18-14-. The first-order valence-corrected chi connectivity index (χ1v) is 8.39. The maximum atomic E-state index is 2.38. The van der Waals surface area contributed by atoms with Crippen molar-refractivity contribution >= 4 is 0 Å². The van der Waals surface area contributed by atoms with E-state index in [9.17, 15) is 0 Å². The number of allylic oxidation sites excluding steroid dienone is 6. The third kappa shape index (κ3) is 2.59. The van der Waals surface area contributed by atoms with Gasteiger partial charge in [0.2, 0.25) is 0 Å². The summed E-state index contributed by atoms with van der Waals surface area (Å²) in [6, 6.07) is 0. The van der Waals surface area contributed by atoms with Crippen LogP contribution in [0, 0.1) is 11.8 Å². The molecule has 0 N–H and O–H groups in total. The van der Waals surface area contributed by atoms with Crippen molar-refractivity contribution in [3.8, 4) is 0 Å². The van der Waals surface area contributed by atoms with E-state index in [0.717, 1.165) is 11.8 Å². The lowest BCUT2D eigenvalue weighted by molar-refractivity contribution is 0.341. The topological polar surface area (TPSA) is 0 Å². The molecule has 3 aliphatic carbocycles. The molecule has 0 aromatic carbocycles. The van der Waals surface area contributed by atoms with Gasteiger partial charge < -0.3 is 0 Å². The summed E-state index contributed by atoms with van der Waals surface area (Å²) < 4.78 is 0. The zero-order chi connectivity index (χ0) is 13.2. The highest BCUT2D eigenvalue weighted by atomic mass is 14.3. The Labute approximate surface area is 118 Å². The fraction of sp³-hybridized carbons (Fsp3) is 0.684. The van der Waals surface area contributed by atoms with Crippen LogP contribution in [0.4, 0.5) is 0 Å². The average molecular weight is 256 g/mol. The summed E-state index contributed by atoms with van der Waals surface area (Å²) in [6.07, 6.45) is 17.5. The summed E-state index contributed by atoms with van der Waals surface area (Å²) in [4.78, 5) is 0. The molecule has 0 radical (unpaired) electrons. The average Bonchev–Trinajstić information content (AvgIpc) is 2.92. The second-order valence-electron chi connectivity index (χ2n) is 6.81. The molecule has 3 aliphatic rings. The van der Waals surface area contributed by atoms with Gasteiger partial charge in [-0.15, -0.1) is 0 Å². The SMILES string of the molecule is CCCC1CCCC1CC/C(C)=C1/C=CC2=C1CC2. The molecule has 0 aromatic heterocycles. The van der Waals surface area contributed by atoms with Gasteiger partial charge in [0, 0.05) is 0 Å². The van der Waals surface area contributed by atoms with Crippen molar-refractivity contribution in [2.75, 3.05) is 0 Å². The van der Waals surface area contributed by atoms with Crippen LogP contribution in [-0.2, 0) is 0 Å². The molecule has 0 spiro atoms. The molecule has 0 amide bonds. The van der Waals surface area contributed by atoms with E-state index in [4.69, 9.17) is 0 Å². The molecule has 0 heterocycles. The molecule has 104 valence electrons. The molecule has 0 aliphatic heterocycles. The van der Waals surface area contributed by atoms with Gasteiger partial charge in [0.25, 0.3) is 0 Å². The lowest BCUT2D eigenvalue weighted by Crippen LogP contribution is -2.08. The summed E-state index contributed by atoms with van der Waals surface area (Å²) >= 11 is 0. The third-order valence-electron chi connectivity index (χ3n) is 5.63. The van der Waals surface area contributed by atoms with Gasteiger partial charge in [0.05, 0.1) is 0 Å². The van der Waals surface area contributed by atoms with E-state index in [0.29, 0.717) is 0 Å². The van der Waals surface area contributed by atoms with Gasteiger partial charge in [-0.2, -0.15) is 0 Å². The Balaban J connectivity index is 1.58. The Morgan fingerprint density at radius 1 is 1.11 bits per heavy atom. The maximum absolute atomic E-state index is 2.38. The molecular weight excluding hydrogens is 228 g/mol. The zero-order valence-electron chi connectivity index (χ0n) is 12.7. The summed E-state index contributed by atoms with van der Waals surface area (Å²) in [7, 11) is 0. The monoisotopic (exact) mass is 256 g/mol. The van der Waals surface area contributed by atoms with Crippen LogP contribution in [0.5, 0.6) is 0 Å². The molecule has 3 rings (SSSR count). The summed E-state index contributed by atoms with van der Waals surface area (Å²) in [5, 5.41) is 0. The first kappa shape index (κ1) is 13.2. The van der Waals surface area contributed by atoms with Crippen molar-refractivity contribution < 1.29 is 0 Å². The lowest BCUT2D eigenvalue weighted by atomic mass is 9.84. The Morgan fingerprint density at radius 2 is 1.89 bits per heavy atom. The normalized spacial score (nSPS) is 31.7. The minimum absolute atomic E-state index is 1.02. The van der Waals surface area contributed by atoms with Crippen LogP contribution in [0.2, 0.25) is 0 Å². The highest BCUT2D eigenvalue weighted by molar-refractivity contribution is 5.59. The Morgan fingerprint density at radius 3 is 2.53 bits per heavy atom. The highest BCUT2D eigenvalue weighted by Crippen LogP contribution is 2.43. The smallest absolute Gasteiger partial charge is 0.0229 e. The van der Waals surface area contributed by atoms with Crippen LogP contribution in [0.25, 0.3) is 0 Å². The first-order chi connectivity index (χ1) is 9.29. The molecule has 2 atom stereocenters. The van der Waals surface area contributed by atoms with Crippen molar-refractivity contribution in [2.45, 2.75) is 71.6 Å². The van der Waals surface area contributed by atoms with Crippen LogP contribution in [-0.4, -0.2) is 0 Å². The van der Waals surface area contributed by atoms with Crippen LogP contribution in [0.15, 0.2) is 34.4 Å². The summed E-state index contributed by atoms with van der Waals surface area (Å²) in [5.41, 5.74) is 6.56. The molecule has 0 saturated heterocycles. The van der Waals surface area contributed by atoms with Crippen molar-refractivity contribution in [3.63, 3.8) is 0 Å². The molecule has 1 saturated carbocycles. The first-order valence-electron chi connectivity index (χ1n) is 8.39. The van der Waals surface area contributed by atoms with E-state index >= 15 is 0 Å². The second-order valence-corrected chi connectivity index (χ2v) is 6.81. The molecular formula is C19H28. The zero-order valence-corrected chi connectivity index (χ0v) is 12.7. The fourth-order valence-electron chi connectivity index (χ4n) is 4.35. The van der Waals surface area contributed by atoms with Crippen molar-refractivity contribution in [1.82, 2.24) is 0 Å². The van der Waals surface area contributed by atoms with E-state index < -0.39 is 0 Å². The van der Waals surface area contributed by atoms with E-state index in [2.05, 4.69) is 26.0 Å². The predicted molar refractivity (Wildman–Crippen MR) is 83.1 cm³/mol. The molecule has 2 unspecified atom stereocenters. The minimum Gasteiger partial charge on any atom is -0.0658 e. The Hall–Kier alpha value is -0.780. The van der Waals surface area contributed by atoms with E-state index in [1.807, 2.05) is 0 Å². The van der Waals surface area contributed by atoms with Crippen molar-refractivity contribution in [3.05, 3.63) is 34.4 Å². The molecule has 0 heteroatoms. The number of hydrogen-bond acceptors (Lipinski definition) is 0. The van der Waals surface area contributed by atoms with Crippen LogP contribution >= 0.6 is 0 Å². The fourth-order valence-corrected chi connectivity index (χ4v) is 4.35. The molecule has 1 fully saturated rings. The Bertz CT molecular complexity index is 433. The van der Waals surface area contributed by atoms with Gasteiger partial charge in [-0.3, -0.25) is 0 Å². The Kier molecular flexibility index (Phi) is 3.96. The van der Waals surface area contributed by atoms with E-state index in [1.165, 1.54) is 57.8 Å². The maximum Gasteiger partial charge on any atom is -0.0229 e. The van der Waals surface area contributed by atoms with Crippen LogP contribution in [0.3, 0.4) is 0 Å². The highest BCUT2D eigenvalue weighted by Gasteiger charge is 2.27. The largest absolute Gasteiger partial charge is 0.0658 e. The van der Waals surface area contributed by atoms with Gasteiger partial charge in [0.15, 0.2) is 0 Å². The molecule has 0 bridgehead atoms. The molecule has 0 nitrogen and oxygen atoms in total. The molecule has 0 aromatic rings. The van der Waals surface area contributed by atoms with Gasteiger partial charge in [-0.05, 0) is 61.2 Å². The van der Waals surface area contributed by atoms with Gasteiger partial charge in [-0.1, -0.05) is 56.8 Å². The predicted octanol–water partition coefficient (Wildman–Crippen LogP) is 5.96. The number of rotatable bonds is 5. The lowest BCUT2D eigenvalue weighted by Gasteiger charge is -2.21.